The van der Waals surface area contributed by atoms with Crippen LogP contribution in [-0.2, 0) is 13.2 Å². The van der Waals surface area contributed by atoms with E-state index in [9.17, 15) is 4.39 Å². The average molecular weight is 370 g/mol. The van der Waals surface area contributed by atoms with Gasteiger partial charge in [0.1, 0.15) is 30.5 Å². The molecule has 0 saturated carbocycles. The molecule has 132 valence electrons. The second-order valence-electron chi connectivity index (χ2n) is 5.60. The van der Waals surface area contributed by atoms with Crippen molar-refractivity contribution in [1.29, 1.82) is 0 Å². The van der Waals surface area contributed by atoms with Crippen molar-refractivity contribution in [2.75, 3.05) is 0 Å². The van der Waals surface area contributed by atoms with Crippen LogP contribution in [0.5, 0.6) is 11.5 Å². The largest absolute Gasteiger partial charge is 0.486 e. The van der Waals surface area contributed by atoms with E-state index < -0.39 is 0 Å². The Labute approximate surface area is 152 Å². The minimum Gasteiger partial charge on any atom is -0.486 e. The SMILES string of the molecule is Cc1ccccc1OCc1nn2c(COc3ccc(F)cc3)nnc2s1. The highest BCUT2D eigenvalue weighted by molar-refractivity contribution is 7.16. The highest BCUT2D eigenvalue weighted by Crippen LogP contribution is 2.21. The number of benzene rings is 2. The number of para-hydroxylation sites is 1. The minimum absolute atomic E-state index is 0.189. The maximum absolute atomic E-state index is 12.9. The third-order valence-electron chi connectivity index (χ3n) is 3.72. The van der Waals surface area contributed by atoms with Crippen LogP contribution >= 0.6 is 11.3 Å². The highest BCUT2D eigenvalue weighted by Gasteiger charge is 2.13. The van der Waals surface area contributed by atoms with Crippen molar-refractivity contribution < 1.29 is 13.9 Å². The molecule has 26 heavy (non-hydrogen) atoms. The van der Waals surface area contributed by atoms with Crippen molar-refractivity contribution in [3.05, 3.63) is 70.7 Å². The monoisotopic (exact) mass is 370 g/mol. The molecule has 4 rings (SSSR count). The van der Waals surface area contributed by atoms with Crippen molar-refractivity contribution in [3.8, 4) is 11.5 Å². The number of aromatic nitrogens is 4. The standard InChI is InChI=1S/C18H15FN4O2S/c1-12-4-2-3-5-15(12)25-11-17-22-23-16(20-21-18(23)26-17)10-24-14-8-6-13(19)7-9-14/h2-9H,10-11H2,1H3. The second-order valence-corrected chi connectivity index (χ2v) is 6.64. The summed E-state index contributed by atoms with van der Waals surface area (Å²) < 4.78 is 26.0. The van der Waals surface area contributed by atoms with Gasteiger partial charge in [-0.1, -0.05) is 29.5 Å². The van der Waals surface area contributed by atoms with Gasteiger partial charge in [-0.05, 0) is 42.8 Å². The fourth-order valence-corrected chi connectivity index (χ4v) is 3.15. The van der Waals surface area contributed by atoms with Gasteiger partial charge in [0.25, 0.3) is 0 Å². The van der Waals surface area contributed by atoms with E-state index in [0.717, 1.165) is 16.3 Å². The molecule has 0 aliphatic rings. The zero-order chi connectivity index (χ0) is 17.9. The average Bonchev–Trinajstić information content (AvgIpc) is 3.21. The summed E-state index contributed by atoms with van der Waals surface area (Å²) in [6, 6.07) is 13.7. The van der Waals surface area contributed by atoms with E-state index in [4.69, 9.17) is 9.47 Å². The van der Waals surface area contributed by atoms with E-state index in [2.05, 4.69) is 15.3 Å². The van der Waals surface area contributed by atoms with Crippen LogP contribution in [0, 0.1) is 12.7 Å². The predicted octanol–water partition coefficient (Wildman–Crippen LogP) is 3.79. The van der Waals surface area contributed by atoms with Crippen molar-refractivity contribution in [2.24, 2.45) is 0 Å². The van der Waals surface area contributed by atoms with Gasteiger partial charge in [0.15, 0.2) is 10.8 Å². The van der Waals surface area contributed by atoms with Crippen LogP contribution in [0.25, 0.3) is 4.96 Å². The van der Waals surface area contributed by atoms with E-state index in [-0.39, 0.29) is 12.4 Å². The Morgan fingerprint density at radius 2 is 1.81 bits per heavy atom. The molecule has 8 heteroatoms. The summed E-state index contributed by atoms with van der Waals surface area (Å²) in [6.07, 6.45) is 0. The highest BCUT2D eigenvalue weighted by atomic mass is 32.1. The Morgan fingerprint density at radius 3 is 2.62 bits per heavy atom. The molecule has 0 unspecified atom stereocenters. The summed E-state index contributed by atoms with van der Waals surface area (Å²) in [5.41, 5.74) is 1.07. The van der Waals surface area contributed by atoms with Gasteiger partial charge < -0.3 is 9.47 Å². The molecule has 0 saturated heterocycles. The molecule has 0 atom stereocenters. The van der Waals surface area contributed by atoms with E-state index in [1.165, 1.54) is 23.5 Å². The first kappa shape index (κ1) is 16.5. The van der Waals surface area contributed by atoms with Crippen LogP contribution in [0.3, 0.4) is 0 Å². The molecule has 0 bridgehead atoms. The summed E-state index contributed by atoms with van der Waals surface area (Å²) in [7, 11) is 0. The number of rotatable bonds is 6. The van der Waals surface area contributed by atoms with Gasteiger partial charge in [-0.2, -0.15) is 9.61 Å². The van der Waals surface area contributed by atoms with Crippen LogP contribution in [0.1, 0.15) is 16.4 Å². The summed E-state index contributed by atoms with van der Waals surface area (Å²) in [6.45, 7) is 2.55. The Kier molecular flexibility index (Phi) is 4.49. The van der Waals surface area contributed by atoms with Gasteiger partial charge in [-0.25, -0.2) is 4.39 Å². The van der Waals surface area contributed by atoms with Gasteiger partial charge in [-0.15, -0.1) is 10.2 Å². The zero-order valence-electron chi connectivity index (χ0n) is 13.9. The van der Waals surface area contributed by atoms with Crippen LogP contribution < -0.4 is 9.47 Å². The van der Waals surface area contributed by atoms with Gasteiger partial charge in [0.05, 0.1) is 0 Å². The van der Waals surface area contributed by atoms with Gasteiger partial charge >= 0.3 is 0 Å². The minimum atomic E-state index is -0.306. The molecule has 2 heterocycles. The molecule has 0 radical (unpaired) electrons. The maximum atomic E-state index is 12.9. The van der Waals surface area contributed by atoms with Crippen molar-refractivity contribution in [1.82, 2.24) is 19.8 Å². The number of nitrogens with zero attached hydrogens (tertiary/aromatic N) is 4. The number of fused-ring (bicyclic) bond motifs is 1. The van der Waals surface area contributed by atoms with Gasteiger partial charge in [0, 0.05) is 0 Å². The van der Waals surface area contributed by atoms with Crippen LogP contribution in [-0.4, -0.2) is 19.8 Å². The molecule has 0 N–H and O–H groups in total. The fraction of sp³-hybridized carbons (Fsp3) is 0.167. The molecule has 6 nitrogen and oxygen atoms in total. The zero-order valence-corrected chi connectivity index (χ0v) is 14.7. The van der Waals surface area contributed by atoms with Crippen molar-refractivity contribution in [3.63, 3.8) is 0 Å². The number of hydrogen-bond donors (Lipinski definition) is 0. The lowest BCUT2D eigenvalue weighted by Gasteiger charge is -2.06. The number of hydrogen-bond acceptors (Lipinski definition) is 6. The molecule has 4 aromatic rings. The van der Waals surface area contributed by atoms with Crippen LogP contribution in [0.2, 0.25) is 0 Å². The molecule has 0 amide bonds. The van der Waals surface area contributed by atoms with Crippen LogP contribution in [0.15, 0.2) is 48.5 Å². The summed E-state index contributed by atoms with van der Waals surface area (Å²) in [4.78, 5) is 0.672. The third-order valence-corrected chi connectivity index (χ3v) is 4.60. The first-order chi connectivity index (χ1) is 12.7. The first-order valence-corrected chi connectivity index (χ1v) is 8.77. The smallest absolute Gasteiger partial charge is 0.234 e. The predicted molar refractivity (Wildman–Crippen MR) is 94.9 cm³/mol. The lowest BCUT2D eigenvalue weighted by molar-refractivity contribution is 0.289. The van der Waals surface area contributed by atoms with E-state index in [0.29, 0.717) is 23.1 Å². The van der Waals surface area contributed by atoms with Crippen LogP contribution in [0.4, 0.5) is 4.39 Å². The topological polar surface area (TPSA) is 61.5 Å². The molecule has 0 spiro atoms. The van der Waals surface area contributed by atoms with Crippen molar-refractivity contribution in [2.45, 2.75) is 20.1 Å². The van der Waals surface area contributed by atoms with Gasteiger partial charge in [0.2, 0.25) is 4.96 Å². The summed E-state index contributed by atoms with van der Waals surface area (Å²) in [5.74, 6) is 1.66. The molecular formula is C18H15FN4O2S. The number of aryl methyl sites for hydroxylation is 1. The Balaban J connectivity index is 1.44. The fourth-order valence-electron chi connectivity index (χ4n) is 2.38. The maximum Gasteiger partial charge on any atom is 0.234 e. The number of ether oxygens (including phenoxy) is 2. The lowest BCUT2D eigenvalue weighted by atomic mass is 10.2. The van der Waals surface area contributed by atoms with E-state index in [1.54, 1.807) is 16.6 Å². The molecule has 0 aliphatic carbocycles. The normalized spacial score (nSPS) is 11.0. The second kappa shape index (κ2) is 7.09. The number of halogens is 1. The molecular weight excluding hydrogens is 355 g/mol. The summed E-state index contributed by atoms with van der Waals surface area (Å²) in [5, 5.41) is 13.5. The third kappa shape index (κ3) is 3.50. The van der Waals surface area contributed by atoms with Crippen molar-refractivity contribution >= 4 is 16.3 Å². The van der Waals surface area contributed by atoms with Gasteiger partial charge in [-0.3, -0.25) is 0 Å². The first-order valence-electron chi connectivity index (χ1n) is 7.96. The molecule has 2 aromatic heterocycles. The lowest BCUT2D eigenvalue weighted by Crippen LogP contribution is -2.03. The van der Waals surface area contributed by atoms with E-state index >= 15 is 0 Å². The molecule has 2 aromatic carbocycles. The Hall–Kier alpha value is -3.00. The Bertz CT molecular complexity index is 1030. The summed E-state index contributed by atoms with van der Waals surface area (Å²) >= 11 is 1.41. The Morgan fingerprint density at radius 1 is 1.00 bits per heavy atom. The molecule has 0 fully saturated rings. The van der Waals surface area contributed by atoms with E-state index in [1.807, 2.05) is 31.2 Å². The molecule has 0 aliphatic heterocycles. The quantitative estimate of drug-likeness (QED) is 0.517.